The molecule has 1 N–H and O–H groups in total. The number of phenols is 1. The van der Waals surface area contributed by atoms with Crippen molar-refractivity contribution in [3.63, 3.8) is 0 Å². The van der Waals surface area contributed by atoms with Crippen molar-refractivity contribution in [1.82, 2.24) is 0 Å². The van der Waals surface area contributed by atoms with E-state index >= 15 is 0 Å². The number of aromatic hydroxyl groups is 1. The van der Waals surface area contributed by atoms with E-state index in [0.29, 0.717) is 17.4 Å². The number of aldehydes is 1. The molecule has 4 nitrogen and oxygen atoms in total. The molecule has 0 aliphatic carbocycles. The lowest BCUT2D eigenvalue weighted by molar-refractivity contribution is -0.107. The van der Waals surface area contributed by atoms with Crippen LogP contribution in [0.15, 0.2) is 18.2 Å². The molecule has 0 amide bonds. The Morgan fingerprint density at radius 2 is 2.29 bits per heavy atom. The molecule has 0 heterocycles. The molecular weight excluding hydrogens is 184 g/mol. The molecule has 0 saturated carbocycles. The van der Waals surface area contributed by atoms with Crippen LogP contribution < -0.4 is 0 Å². The average Bonchev–Trinajstić information content (AvgIpc) is 2.17. The SMILES string of the molecule is COC(=O)c1ccc(O)cc1CC=O. The van der Waals surface area contributed by atoms with Crippen molar-refractivity contribution in [1.29, 1.82) is 0 Å². The summed E-state index contributed by atoms with van der Waals surface area (Å²) in [5, 5.41) is 9.15. The van der Waals surface area contributed by atoms with E-state index in [1.165, 1.54) is 25.3 Å². The largest absolute Gasteiger partial charge is 0.508 e. The summed E-state index contributed by atoms with van der Waals surface area (Å²) in [6, 6.07) is 4.18. The number of rotatable bonds is 3. The molecule has 4 heteroatoms. The Balaban J connectivity index is 3.13. The first kappa shape index (κ1) is 10.2. The van der Waals surface area contributed by atoms with E-state index in [2.05, 4.69) is 4.74 Å². The molecule has 0 aromatic heterocycles. The first-order chi connectivity index (χ1) is 6.69. The normalized spacial score (nSPS) is 9.50. The first-order valence-electron chi connectivity index (χ1n) is 4.03. The Morgan fingerprint density at radius 3 is 2.86 bits per heavy atom. The van der Waals surface area contributed by atoms with Gasteiger partial charge in [0.05, 0.1) is 12.7 Å². The smallest absolute Gasteiger partial charge is 0.338 e. The lowest BCUT2D eigenvalue weighted by atomic mass is 10.0. The Hall–Kier alpha value is -1.84. The summed E-state index contributed by atoms with van der Waals surface area (Å²) < 4.78 is 4.53. The minimum Gasteiger partial charge on any atom is -0.508 e. The fourth-order valence-corrected chi connectivity index (χ4v) is 1.15. The van der Waals surface area contributed by atoms with Gasteiger partial charge in [-0.05, 0) is 23.8 Å². The minimum absolute atomic E-state index is 0.0227. The maximum atomic E-state index is 11.2. The highest BCUT2D eigenvalue weighted by Crippen LogP contribution is 2.17. The lowest BCUT2D eigenvalue weighted by Gasteiger charge is -2.05. The van der Waals surface area contributed by atoms with Crippen molar-refractivity contribution in [2.24, 2.45) is 0 Å². The van der Waals surface area contributed by atoms with Crippen molar-refractivity contribution < 1.29 is 19.4 Å². The first-order valence-corrected chi connectivity index (χ1v) is 4.03. The number of hydrogen-bond acceptors (Lipinski definition) is 4. The average molecular weight is 194 g/mol. The summed E-state index contributed by atoms with van der Waals surface area (Å²) >= 11 is 0. The van der Waals surface area contributed by atoms with E-state index in [1.54, 1.807) is 0 Å². The highest BCUT2D eigenvalue weighted by molar-refractivity contribution is 5.92. The Morgan fingerprint density at radius 1 is 1.57 bits per heavy atom. The van der Waals surface area contributed by atoms with Gasteiger partial charge in [-0.1, -0.05) is 0 Å². The molecule has 0 fully saturated rings. The van der Waals surface area contributed by atoms with Gasteiger partial charge >= 0.3 is 5.97 Å². The maximum Gasteiger partial charge on any atom is 0.338 e. The van der Waals surface area contributed by atoms with Gasteiger partial charge < -0.3 is 14.6 Å². The molecule has 0 saturated heterocycles. The molecule has 14 heavy (non-hydrogen) atoms. The molecule has 1 aromatic rings. The zero-order valence-corrected chi connectivity index (χ0v) is 7.69. The summed E-state index contributed by atoms with van der Waals surface area (Å²) in [7, 11) is 1.26. The van der Waals surface area contributed by atoms with E-state index in [1.807, 2.05) is 0 Å². The standard InChI is InChI=1S/C10H10O4/c1-14-10(13)9-3-2-8(12)6-7(9)4-5-11/h2-3,5-6,12H,4H2,1H3. The molecule has 1 aromatic carbocycles. The van der Waals surface area contributed by atoms with E-state index in [9.17, 15) is 9.59 Å². The summed E-state index contributed by atoms with van der Waals surface area (Å²) in [6.45, 7) is 0. The number of ether oxygens (including phenoxy) is 1. The molecule has 0 radical (unpaired) electrons. The van der Waals surface area contributed by atoms with Crippen LogP contribution in [0.4, 0.5) is 0 Å². The van der Waals surface area contributed by atoms with E-state index in [4.69, 9.17) is 5.11 Å². The highest BCUT2D eigenvalue weighted by atomic mass is 16.5. The van der Waals surface area contributed by atoms with E-state index in [0.717, 1.165) is 0 Å². The van der Waals surface area contributed by atoms with Crippen LogP contribution in [0.25, 0.3) is 0 Å². The number of methoxy groups -OCH3 is 1. The number of carbonyl (C=O) groups is 2. The van der Waals surface area contributed by atoms with Gasteiger partial charge in [0.2, 0.25) is 0 Å². The number of benzene rings is 1. The number of carbonyl (C=O) groups excluding carboxylic acids is 2. The van der Waals surface area contributed by atoms with Gasteiger partial charge in [0.25, 0.3) is 0 Å². The second-order valence-electron chi connectivity index (χ2n) is 2.70. The summed E-state index contributed by atoms with van der Waals surface area (Å²) in [5.74, 6) is -0.489. The molecule has 0 spiro atoms. The maximum absolute atomic E-state index is 11.2. The molecule has 0 aliphatic heterocycles. The fourth-order valence-electron chi connectivity index (χ4n) is 1.15. The molecule has 74 valence electrons. The van der Waals surface area contributed by atoms with Gasteiger partial charge in [-0.2, -0.15) is 0 Å². The van der Waals surface area contributed by atoms with Crippen LogP contribution in [0.1, 0.15) is 15.9 Å². The molecule has 0 aliphatic rings. The van der Waals surface area contributed by atoms with E-state index < -0.39 is 5.97 Å². The predicted octanol–water partition coefficient (Wildman–Crippen LogP) is 0.920. The van der Waals surface area contributed by atoms with Crippen molar-refractivity contribution in [2.75, 3.05) is 7.11 Å². The lowest BCUT2D eigenvalue weighted by Crippen LogP contribution is -2.05. The van der Waals surface area contributed by atoms with Crippen LogP contribution in [0, 0.1) is 0 Å². The van der Waals surface area contributed by atoms with Gasteiger partial charge in [-0.15, -0.1) is 0 Å². The van der Waals surface area contributed by atoms with Gasteiger partial charge in [0.15, 0.2) is 0 Å². The minimum atomic E-state index is -0.512. The Kier molecular flexibility index (Phi) is 3.23. The third-order valence-electron chi connectivity index (χ3n) is 1.80. The zero-order valence-electron chi connectivity index (χ0n) is 7.69. The van der Waals surface area contributed by atoms with Crippen LogP contribution in [-0.2, 0) is 16.0 Å². The molecule has 1 rings (SSSR count). The van der Waals surface area contributed by atoms with Crippen LogP contribution in [-0.4, -0.2) is 24.5 Å². The molecule has 0 atom stereocenters. The van der Waals surface area contributed by atoms with Crippen LogP contribution >= 0.6 is 0 Å². The topological polar surface area (TPSA) is 63.6 Å². The monoisotopic (exact) mass is 194 g/mol. The Labute approximate surface area is 81.1 Å². The number of esters is 1. The number of phenolic OH excluding ortho intramolecular Hbond substituents is 1. The van der Waals surface area contributed by atoms with E-state index in [-0.39, 0.29) is 12.2 Å². The quantitative estimate of drug-likeness (QED) is 0.574. The molecule has 0 bridgehead atoms. The highest BCUT2D eigenvalue weighted by Gasteiger charge is 2.11. The van der Waals surface area contributed by atoms with Crippen LogP contribution in [0.5, 0.6) is 5.75 Å². The summed E-state index contributed by atoms with van der Waals surface area (Å²) in [5.41, 5.74) is 0.768. The molecule has 0 unspecified atom stereocenters. The second-order valence-corrected chi connectivity index (χ2v) is 2.70. The summed E-state index contributed by atoms with van der Waals surface area (Å²) in [6.07, 6.45) is 0.750. The third-order valence-corrected chi connectivity index (χ3v) is 1.80. The molecular formula is C10H10O4. The Bertz CT molecular complexity index is 357. The fraction of sp³-hybridized carbons (Fsp3) is 0.200. The zero-order chi connectivity index (χ0) is 10.6. The third kappa shape index (κ3) is 2.10. The van der Waals surface area contributed by atoms with Crippen LogP contribution in [0.2, 0.25) is 0 Å². The van der Waals surface area contributed by atoms with Gasteiger partial charge in [-0.25, -0.2) is 4.79 Å². The summed E-state index contributed by atoms with van der Waals surface area (Å²) in [4.78, 5) is 21.5. The predicted molar refractivity (Wildman–Crippen MR) is 49.2 cm³/mol. The van der Waals surface area contributed by atoms with Gasteiger partial charge in [0, 0.05) is 6.42 Å². The van der Waals surface area contributed by atoms with Crippen molar-refractivity contribution in [2.45, 2.75) is 6.42 Å². The van der Waals surface area contributed by atoms with Gasteiger partial charge in [0.1, 0.15) is 12.0 Å². The second kappa shape index (κ2) is 4.41. The van der Waals surface area contributed by atoms with Gasteiger partial charge in [-0.3, -0.25) is 0 Å². The van der Waals surface area contributed by atoms with Crippen molar-refractivity contribution >= 4 is 12.3 Å². The van der Waals surface area contributed by atoms with Crippen LogP contribution in [0.3, 0.4) is 0 Å². The number of hydrogen-bond donors (Lipinski definition) is 1. The van der Waals surface area contributed by atoms with Crippen molar-refractivity contribution in [3.8, 4) is 5.75 Å². The van der Waals surface area contributed by atoms with Crippen molar-refractivity contribution in [3.05, 3.63) is 29.3 Å².